The summed E-state index contributed by atoms with van der Waals surface area (Å²) in [6.07, 6.45) is 0.678. The minimum atomic E-state index is -3.82. The molecule has 0 spiro atoms. The summed E-state index contributed by atoms with van der Waals surface area (Å²) < 4.78 is 28.2. The number of benzene rings is 3. The molecular formula is C25H29N3O3S. The molecule has 0 saturated heterocycles. The molecule has 1 atom stereocenters. The molecule has 0 heterocycles. The molecule has 3 rings (SSSR count). The Kier molecular flexibility index (Phi) is 7.66. The first-order valence-corrected chi connectivity index (χ1v) is 11.9. The van der Waals surface area contributed by atoms with Crippen molar-refractivity contribution >= 4 is 21.6 Å². The van der Waals surface area contributed by atoms with E-state index in [-0.39, 0.29) is 16.8 Å². The number of nitrogens with one attached hydrogen (secondary N) is 2. The molecular weight excluding hydrogens is 422 g/mol. The lowest BCUT2D eigenvalue weighted by Crippen LogP contribution is -2.43. The largest absolute Gasteiger partial charge is 0.348 e. The maximum Gasteiger partial charge on any atom is 0.261 e. The van der Waals surface area contributed by atoms with Crippen LogP contribution in [0.25, 0.3) is 0 Å². The number of anilines is 1. The quantitative estimate of drug-likeness (QED) is 0.520. The van der Waals surface area contributed by atoms with Gasteiger partial charge in [0.15, 0.2) is 0 Å². The van der Waals surface area contributed by atoms with Crippen molar-refractivity contribution in [1.29, 1.82) is 0 Å². The van der Waals surface area contributed by atoms with Crippen molar-refractivity contribution in [2.75, 3.05) is 25.4 Å². The van der Waals surface area contributed by atoms with Gasteiger partial charge in [-0.3, -0.25) is 9.52 Å². The molecule has 0 fully saturated rings. The van der Waals surface area contributed by atoms with Gasteiger partial charge < -0.3 is 10.2 Å². The highest BCUT2D eigenvalue weighted by molar-refractivity contribution is 7.92. The van der Waals surface area contributed by atoms with Crippen LogP contribution in [0.5, 0.6) is 0 Å². The third kappa shape index (κ3) is 6.67. The summed E-state index contributed by atoms with van der Waals surface area (Å²) in [5.41, 5.74) is 2.93. The second-order valence-electron chi connectivity index (χ2n) is 8.12. The molecule has 32 heavy (non-hydrogen) atoms. The lowest BCUT2D eigenvalue weighted by atomic mass is 10.0. The zero-order chi connectivity index (χ0) is 23.1. The minimum Gasteiger partial charge on any atom is -0.348 e. The third-order valence-electron chi connectivity index (χ3n) is 4.96. The molecule has 1 amide bonds. The Morgan fingerprint density at radius 2 is 1.62 bits per heavy atom. The van der Waals surface area contributed by atoms with Crippen molar-refractivity contribution in [3.8, 4) is 0 Å². The molecule has 0 aromatic heterocycles. The van der Waals surface area contributed by atoms with Crippen molar-refractivity contribution in [2.24, 2.45) is 0 Å². The highest BCUT2D eigenvalue weighted by atomic mass is 32.2. The molecule has 168 valence electrons. The number of hydrogen-bond donors (Lipinski definition) is 2. The highest BCUT2D eigenvalue weighted by Gasteiger charge is 2.19. The first-order valence-electron chi connectivity index (χ1n) is 10.4. The van der Waals surface area contributed by atoms with Crippen LogP contribution in [0.3, 0.4) is 0 Å². The zero-order valence-electron chi connectivity index (χ0n) is 18.6. The van der Waals surface area contributed by atoms with Crippen LogP contribution < -0.4 is 10.0 Å². The SMILES string of the molecule is Cc1ccc(NS(=O)(=O)c2cccc(C(=O)NC(Cc3ccccc3)CN(C)C)c2)cc1. The fraction of sp³-hybridized carbons (Fsp3) is 0.240. The van der Waals surface area contributed by atoms with Crippen LogP contribution in [-0.4, -0.2) is 45.9 Å². The van der Waals surface area contributed by atoms with E-state index in [2.05, 4.69) is 10.0 Å². The average Bonchev–Trinajstić information content (AvgIpc) is 2.75. The molecule has 2 N–H and O–H groups in total. The molecule has 0 bridgehead atoms. The standard InChI is InChI=1S/C25H29N3O3S/c1-19-12-14-22(15-13-19)27-32(30,31)24-11-7-10-21(17-24)25(29)26-23(18-28(2)3)16-20-8-5-4-6-9-20/h4-15,17,23,27H,16,18H2,1-3H3,(H,26,29). The van der Waals surface area contributed by atoms with Gasteiger partial charge in [0.2, 0.25) is 0 Å². The molecule has 7 heteroatoms. The van der Waals surface area contributed by atoms with Crippen LogP contribution >= 0.6 is 0 Å². The Balaban J connectivity index is 1.76. The molecule has 0 saturated carbocycles. The molecule has 3 aromatic rings. The third-order valence-corrected chi connectivity index (χ3v) is 6.33. The Hall–Kier alpha value is -3.16. The van der Waals surface area contributed by atoms with E-state index in [1.54, 1.807) is 24.3 Å². The lowest BCUT2D eigenvalue weighted by Gasteiger charge is -2.23. The summed E-state index contributed by atoms with van der Waals surface area (Å²) in [6.45, 7) is 2.59. The van der Waals surface area contributed by atoms with Crippen LogP contribution in [0.4, 0.5) is 5.69 Å². The number of amides is 1. The van der Waals surface area contributed by atoms with E-state index in [9.17, 15) is 13.2 Å². The normalized spacial score (nSPS) is 12.4. The second-order valence-corrected chi connectivity index (χ2v) is 9.80. The first-order chi connectivity index (χ1) is 15.2. The van der Waals surface area contributed by atoms with Gasteiger partial charge in [-0.15, -0.1) is 0 Å². The van der Waals surface area contributed by atoms with Crippen LogP contribution in [0.1, 0.15) is 21.5 Å². The predicted molar refractivity (Wildman–Crippen MR) is 128 cm³/mol. The van der Waals surface area contributed by atoms with Gasteiger partial charge in [0.25, 0.3) is 15.9 Å². The zero-order valence-corrected chi connectivity index (χ0v) is 19.4. The Morgan fingerprint density at radius 1 is 0.938 bits per heavy atom. The summed E-state index contributed by atoms with van der Waals surface area (Å²) in [5.74, 6) is -0.305. The molecule has 0 radical (unpaired) electrons. The molecule has 6 nitrogen and oxygen atoms in total. The average molecular weight is 452 g/mol. The minimum absolute atomic E-state index is 0.0398. The van der Waals surface area contributed by atoms with Crippen molar-refractivity contribution in [3.05, 3.63) is 95.6 Å². The van der Waals surface area contributed by atoms with E-state index in [4.69, 9.17) is 0 Å². The number of hydrogen-bond acceptors (Lipinski definition) is 4. The van der Waals surface area contributed by atoms with E-state index in [1.807, 2.05) is 68.4 Å². The number of nitrogens with zero attached hydrogens (tertiary/aromatic N) is 1. The number of aryl methyl sites for hydroxylation is 1. The smallest absolute Gasteiger partial charge is 0.261 e. The van der Waals surface area contributed by atoms with Crippen molar-refractivity contribution in [2.45, 2.75) is 24.3 Å². The number of carbonyl (C=O) groups is 1. The summed E-state index contributed by atoms with van der Waals surface area (Å²) in [4.78, 5) is 15.0. The summed E-state index contributed by atoms with van der Waals surface area (Å²) in [5, 5.41) is 3.05. The fourth-order valence-electron chi connectivity index (χ4n) is 3.41. The highest BCUT2D eigenvalue weighted by Crippen LogP contribution is 2.18. The number of likely N-dealkylation sites (N-methyl/N-ethyl adjacent to an activating group) is 1. The van der Waals surface area contributed by atoms with Gasteiger partial charge in [-0.2, -0.15) is 0 Å². The maximum atomic E-state index is 13.0. The molecule has 0 aliphatic rings. The molecule has 0 aliphatic carbocycles. The van der Waals surface area contributed by atoms with Gasteiger partial charge in [-0.1, -0.05) is 54.1 Å². The maximum absolute atomic E-state index is 13.0. The van der Waals surface area contributed by atoms with Crippen LogP contribution in [0.2, 0.25) is 0 Å². The van der Waals surface area contributed by atoms with Crippen LogP contribution in [-0.2, 0) is 16.4 Å². The predicted octanol–water partition coefficient (Wildman–Crippen LogP) is 3.70. The lowest BCUT2D eigenvalue weighted by molar-refractivity contribution is 0.0930. The number of rotatable bonds is 9. The van der Waals surface area contributed by atoms with Crippen molar-refractivity contribution < 1.29 is 13.2 Å². The summed E-state index contributed by atoms with van der Waals surface area (Å²) in [7, 11) is 0.0885. The van der Waals surface area contributed by atoms with Gasteiger partial charge in [0.05, 0.1) is 4.90 Å². The van der Waals surface area contributed by atoms with Gasteiger partial charge in [-0.25, -0.2) is 8.42 Å². The van der Waals surface area contributed by atoms with Gasteiger partial charge in [0.1, 0.15) is 0 Å². The van der Waals surface area contributed by atoms with Gasteiger partial charge in [0, 0.05) is 23.8 Å². The van der Waals surface area contributed by atoms with Crippen LogP contribution in [0.15, 0.2) is 83.8 Å². The Bertz CT molecular complexity index is 1140. The monoisotopic (exact) mass is 451 g/mol. The van der Waals surface area contributed by atoms with E-state index >= 15 is 0 Å². The number of sulfonamides is 1. The fourth-order valence-corrected chi connectivity index (χ4v) is 4.51. The summed E-state index contributed by atoms with van der Waals surface area (Å²) in [6, 6.07) is 23.0. The van der Waals surface area contributed by atoms with E-state index < -0.39 is 10.0 Å². The molecule has 3 aromatic carbocycles. The van der Waals surface area contributed by atoms with E-state index in [1.165, 1.54) is 12.1 Å². The summed E-state index contributed by atoms with van der Waals surface area (Å²) >= 11 is 0. The second kappa shape index (κ2) is 10.4. The van der Waals surface area contributed by atoms with Crippen molar-refractivity contribution in [1.82, 2.24) is 10.2 Å². The van der Waals surface area contributed by atoms with Crippen LogP contribution in [0, 0.1) is 6.92 Å². The van der Waals surface area contributed by atoms with Crippen molar-refractivity contribution in [3.63, 3.8) is 0 Å². The van der Waals surface area contributed by atoms with E-state index in [0.29, 0.717) is 24.2 Å². The Morgan fingerprint density at radius 3 is 2.28 bits per heavy atom. The Labute approximate surface area is 190 Å². The molecule has 0 aliphatic heterocycles. The molecule has 1 unspecified atom stereocenters. The van der Waals surface area contributed by atoms with Gasteiger partial charge in [-0.05, 0) is 63.3 Å². The number of carbonyl (C=O) groups excluding carboxylic acids is 1. The van der Waals surface area contributed by atoms with E-state index in [0.717, 1.165) is 11.1 Å². The van der Waals surface area contributed by atoms with Gasteiger partial charge >= 0.3 is 0 Å². The topological polar surface area (TPSA) is 78.5 Å². The first kappa shape index (κ1) is 23.5.